The Hall–Kier alpha value is -3.35. The first-order valence-electron chi connectivity index (χ1n) is 8.60. The van der Waals surface area contributed by atoms with Gasteiger partial charge in [0.1, 0.15) is 5.56 Å². The standard InChI is InChI=1S/C20H19N3O4/c1-12-7-8-14-11-15(19(24)22-18(14)13(12)2)9-10-21-20(25)16-5-3-4-6-17(16)23(26)27/h3-8,11,15H,9-10H2,1-2H3,(H,21,25). The number of fused-ring (bicyclic) bond motifs is 1. The molecule has 0 aromatic heterocycles. The number of hydrogen-bond donors (Lipinski definition) is 1. The van der Waals surface area contributed by atoms with Gasteiger partial charge in [0.25, 0.3) is 17.5 Å². The van der Waals surface area contributed by atoms with E-state index in [2.05, 4.69) is 10.3 Å². The highest BCUT2D eigenvalue weighted by Crippen LogP contribution is 2.17. The Balaban J connectivity index is 1.70. The van der Waals surface area contributed by atoms with E-state index in [-0.39, 0.29) is 23.7 Å². The van der Waals surface area contributed by atoms with Crippen molar-refractivity contribution in [2.75, 3.05) is 6.54 Å². The quantitative estimate of drug-likeness (QED) is 0.642. The molecule has 2 aromatic carbocycles. The molecule has 1 unspecified atom stereocenters. The monoisotopic (exact) mass is 365 g/mol. The Labute approximate surface area is 155 Å². The van der Waals surface area contributed by atoms with Crippen LogP contribution in [0.5, 0.6) is 0 Å². The summed E-state index contributed by atoms with van der Waals surface area (Å²) in [6.07, 6.45) is 2.25. The molecule has 2 amide bonds. The fraction of sp³-hybridized carbons (Fsp3) is 0.250. The summed E-state index contributed by atoms with van der Waals surface area (Å²) in [5, 5.41) is 15.3. The number of rotatable bonds is 5. The molecule has 1 aliphatic rings. The molecule has 0 spiro atoms. The zero-order chi connectivity index (χ0) is 19.6. The van der Waals surface area contributed by atoms with Crippen LogP contribution >= 0.6 is 0 Å². The van der Waals surface area contributed by atoms with E-state index in [1.807, 2.05) is 32.1 Å². The Kier molecular flexibility index (Phi) is 5.12. The maximum absolute atomic E-state index is 12.3. The van der Waals surface area contributed by atoms with Gasteiger partial charge < -0.3 is 5.32 Å². The lowest BCUT2D eigenvalue weighted by atomic mass is 9.98. The molecule has 0 radical (unpaired) electrons. The van der Waals surface area contributed by atoms with Crippen molar-refractivity contribution < 1.29 is 14.5 Å². The minimum Gasteiger partial charge on any atom is -0.352 e. The molecule has 3 rings (SSSR count). The minimum absolute atomic E-state index is 0.00239. The molecule has 1 aliphatic heterocycles. The Bertz CT molecular complexity index is 1060. The van der Waals surface area contributed by atoms with E-state index in [9.17, 15) is 19.7 Å². The van der Waals surface area contributed by atoms with E-state index in [1.165, 1.54) is 18.2 Å². The van der Waals surface area contributed by atoms with Gasteiger partial charge in [0.05, 0.1) is 16.2 Å². The van der Waals surface area contributed by atoms with Gasteiger partial charge >= 0.3 is 0 Å². The van der Waals surface area contributed by atoms with Crippen LogP contribution in [0.15, 0.2) is 41.4 Å². The molecule has 1 heterocycles. The third kappa shape index (κ3) is 3.76. The molecule has 138 valence electrons. The normalized spacial score (nSPS) is 15.3. The molecule has 2 aromatic rings. The van der Waals surface area contributed by atoms with Crippen molar-refractivity contribution in [3.63, 3.8) is 0 Å². The van der Waals surface area contributed by atoms with Gasteiger partial charge in [-0.1, -0.05) is 30.3 Å². The average molecular weight is 365 g/mol. The lowest BCUT2D eigenvalue weighted by Crippen LogP contribution is -2.37. The first-order valence-corrected chi connectivity index (χ1v) is 8.60. The zero-order valence-corrected chi connectivity index (χ0v) is 15.1. The van der Waals surface area contributed by atoms with Crippen LogP contribution in [0.4, 0.5) is 5.69 Å². The highest BCUT2D eigenvalue weighted by atomic mass is 16.6. The van der Waals surface area contributed by atoms with Crippen molar-refractivity contribution in [1.29, 1.82) is 0 Å². The molecule has 27 heavy (non-hydrogen) atoms. The second-order valence-corrected chi connectivity index (χ2v) is 6.49. The maximum atomic E-state index is 12.3. The number of nitrogens with zero attached hydrogens (tertiary/aromatic N) is 2. The summed E-state index contributed by atoms with van der Waals surface area (Å²) in [6.45, 7) is 4.12. The number of nitro benzene ring substituents is 1. The first-order chi connectivity index (χ1) is 12.9. The summed E-state index contributed by atoms with van der Waals surface area (Å²) >= 11 is 0. The van der Waals surface area contributed by atoms with Crippen molar-refractivity contribution in [1.82, 2.24) is 5.32 Å². The Morgan fingerprint density at radius 3 is 2.70 bits per heavy atom. The van der Waals surface area contributed by atoms with Gasteiger partial charge in [-0.25, -0.2) is 4.99 Å². The highest BCUT2D eigenvalue weighted by Gasteiger charge is 2.21. The van der Waals surface area contributed by atoms with E-state index in [0.717, 1.165) is 16.3 Å². The van der Waals surface area contributed by atoms with Gasteiger partial charge in [0, 0.05) is 12.6 Å². The van der Waals surface area contributed by atoms with Gasteiger partial charge in [0.15, 0.2) is 0 Å². The van der Waals surface area contributed by atoms with Crippen molar-refractivity contribution in [2.45, 2.75) is 20.3 Å². The molecule has 0 saturated heterocycles. The molecule has 1 atom stereocenters. The molecule has 0 bridgehead atoms. The van der Waals surface area contributed by atoms with Crippen LogP contribution in [0, 0.1) is 29.9 Å². The Morgan fingerprint density at radius 2 is 1.96 bits per heavy atom. The number of nitro groups is 1. The van der Waals surface area contributed by atoms with Gasteiger partial charge in [-0.3, -0.25) is 19.7 Å². The van der Waals surface area contributed by atoms with Crippen LogP contribution in [0.25, 0.3) is 6.08 Å². The third-order valence-corrected chi connectivity index (χ3v) is 4.74. The van der Waals surface area contributed by atoms with Crippen LogP contribution in [-0.2, 0) is 4.79 Å². The molecule has 0 saturated carbocycles. The largest absolute Gasteiger partial charge is 0.352 e. The molecule has 0 aliphatic carbocycles. The fourth-order valence-electron chi connectivity index (χ4n) is 3.05. The smallest absolute Gasteiger partial charge is 0.282 e. The number of benzene rings is 2. The fourth-order valence-corrected chi connectivity index (χ4v) is 3.05. The van der Waals surface area contributed by atoms with E-state index in [4.69, 9.17) is 0 Å². The average Bonchev–Trinajstić information content (AvgIpc) is 2.65. The molecular formula is C20H19N3O4. The number of aryl methyl sites for hydroxylation is 1. The number of hydrogen-bond acceptors (Lipinski definition) is 4. The van der Waals surface area contributed by atoms with E-state index in [1.54, 1.807) is 6.07 Å². The SMILES string of the molecule is Cc1ccc2c(c1C)=NC(=O)C(CCNC(=O)c1ccccc1[N+](=O)[O-])C=2. The van der Waals surface area contributed by atoms with Gasteiger partial charge in [0.2, 0.25) is 0 Å². The highest BCUT2D eigenvalue weighted by molar-refractivity contribution is 5.98. The lowest BCUT2D eigenvalue weighted by molar-refractivity contribution is -0.385. The van der Waals surface area contributed by atoms with Crippen LogP contribution < -0.4 is 15.9 Å². The van der Waals surface area contributed by atoms with E-state index in [0.29, 0.717) is 11.8 Å². The summed E-state index contributed by atoms with van der Waals surface area (Å²) < 4.78 is 0. The predicted molar refractivity (Wildman–Crippen MR) is 99.7 cm³/mol. The lowest BCUT2D eigenvalue weighted by Gasteiger charge is -2.14. The summed E-state index contributed by atoms with van der Waals surface area (Å²) in [4.78, 5) is 39.2. The summed E-state index contributed by atoms with van der Waals surface area (Å²) in [5.41, 5.74) is 1.82. The molecular weight excluding hydrogens is 346 g/mol. The predicted octanol–water partition coefficient (Wildman–Crippen LogP) is 1.59. The number of para-hydroxylation sites is 1. The summed E-state index contributed by atoms with van der Waals surface area (Å²) in [5.74, 6) is -1.20. The minimum atomic E-state index is -0.590. The molecule has 1 N–H and O–H groups in total. The number of carbonyl (C=O) groups is 2. The third-order valence-electron chi connectivity index (χ3n) is 4.74. The van der Waals surface area contributed by atoms with Crippen molar-refractivity contribution in [2.24, 2.45) is 10.9 Å². The molecule has 7 nitrogen and oxygen atoms in total. The number of carbonyl (C=O) groups excluding carboxylic acids is 2. The maximum Gasteiger partial charge on any atom is 0.282 e. The van der Waals surface area contributed by atoms with Crippen molar-refractivity contribution >= 4 is 23.6 Å². The molecule has 0 fully saturated rings. The van der Waals surface area contributed by atoms with Crippen LogP contribution in [0.1, 0.15) is 27.9 Å². The Morgan fingerprint density at radius 1 is 1.22 bits per heavy atom. The van der Waals surface area contributed by atoms with Crippen LogP contribution in [0.3, 0.4) is 0 Å². The number of amides is 2. The molecule has 7 heteroatoms. The topological polar surface area (TPSA) is 102 Å². The van der Waals surface area contributed by atoms with Crippen LogP contribution in [0.2, 0.25) is 0 Å². The summed E-state index contributed by atoms with van der Waals surface area (Å²) in [6, 6.07) is 9.69. The van der Waals surface area contributed by atoms with E-state index < -0.39 is 16.7 Å². The van der Waals surface area contributed by atoms with Gasteiger partial charge in [-0.15, -0.1) is 0 Å². The van der Waals surface area contributed by atoms with Crippen molar-refractivity contribution in [3.8, 4) is 0 Å². The zero-order valence-electron chi connectivity index (χ0n) is 15.1. The second-order valence-electron chi connectivity index (χ2n) is 6.49. The number of nitrogens with one attached hydrogen (secondary N) is 1. The summed E-state index contributed by atoms with van der Waals surface area (Å²) in [7, 11) is 0. The van der Waals surface area contributed by atoms with Gasteiger partial charge in [-0.2, -0.15) is 0 Å². The van der Waals surface area contributed by atoms with Crippen LogP contribution in [-0.4, -0.2) is 23.3 Å². The second kappa shape index (κ2) is 7.49. The van der Waals surface area contributed by atoms with E-state index >= 15 is 0 Å². The van der Waals surface area contributed by atoms with Gasteiger partial charge in [-0.05, 0) is 42.7 Å². The first kappa shape index (κ1) is 18.4. The van der Waals surface area contributed by atoms with Crippen molar-refractivity contribution in [3.05, 3.63) is 73.8 Å².